The summed E-state index contributed by atoms with van der Waals surface area (Å²) in [5.74, 6) is 1.48. The molecule has 0 atom stereocenters. The maximum absolute atomic E-state index is 12.6. The van der Waals surface area contributed by atoms with E-state index >= 15 is 0 Å². The van der Waals surface area contributed by atoms with Crippen molar-refractivity contribution in [2.45, 2.75) is 6.42 Å². The SMILES string of the molecule is COc1cc(CCBr)ccc1Nc1ncc(Cl)c(Nc2ccccc2P(C)(C)=O)n1. The number of hydrogen-bond acceptors (Lipinski definition) is 6. The molecule has 158 valence electrons. The van der Waals surface area contributed by atoms with E-state index in [0.717, 1.165) is 28.3 Å². The second kappa shape index (κ2) is 9.82. The molecular formula is C21H23BrClN4O2P. The highest BCUT2D eigenvalue weighted by Gasteiger charge is 2.17. The van der Waals surface area contributed by atoms with Crippen LogP contribution in [0.2, 0.25) is 5.02 Å². The summed E-state index contributed by atoms with van der Waals surface area (Å²) >= 11 is 9.77. The molecule has 3 rings (SSSR count). The van der Waals surface area contributed by atoms with Crippen LogP contribution in [-0.4, -0.2) is 35.7 Å². The molecule has 0 unspecified atom stereocenters. The molecule has 6 nitrogen and oxygen atoms in total. The fourth-order valence-electron chi connectivity index (χ4n) is 2.92. The van der Waals surface area contributed by atoms with E-state index in [4.69, 9.17) is 16.3 Å². The molecule has 1 heterocycles. The normalized spacial score (nSPS) is 11.2. The predicted octanol–water partition coefficient (Wildman–Crippen LogP) is 5.81. The lowest BCUT2D eigenvalue weighted by Crippen LogP contribution is -2.11. The van der Waals surface area contributed by atoms with Gasteiger partial charge in [0.25, 0.3) is 0 Å². The first-order valence-electron chi connectivity index (χ1n) is 9.26. The molecule has 1 aromatic heterocycles. The molecule has 0 radical (unpaired) electrons. The Morgan fingerprint density at radius 1 is 1.13 bits per heavy atom. The molecule has 9 heteroatoms. The Balaban J connectivity index is 1.89. The van der Waals surface area contributed by atoms with E-state index in [9.17, 15) is 4.57 Å². The third kappa shape index (κ3) is 5.54. The highest BCUT2D eigenvalue weighted by molar-refractivity contribution is 9.09. The first-order chi connectivity index (χ1) is 14.3. The van der Waals surface area contributed by atoms with Crippen LogP contribution in [0.1, 0.15) is 5.56 Å². The highest BCUT2D eigenvalue weighted by atomic mass is 79.9. The number of aromatic nitrogens is 2. The van der Waals surface area contributed by atoms with Gasteiger partial charge >= 0.3 is 0 Å². The van der Waals surface area contributed by atoms with Crippen LogP contribution in [-0.2, 0) is 11.0 Å². The Labute approximate surface area is 189 Å². The molecule has 0 amide bonds. The number of hydrogen-bond donors (Lipinski definition) is 2. The Kier molecular flexibility index (Phi) is 7.40. The fourth-order valence-corrected chi connectivity index (χ4v) is 4.67. The van der Waals surface area contributed by atoms with Crippen LogP contribution in [0.15, 0.2) is 48.7 Å². The topological polar surface area (TPSA) is 76.1 Å². The van der Waals surface area contributed by atoms with E-state index in [0.29, 0.717) is 28.2 Å². The second-order valence-electron chi connectivity index (χ2n) is 6.98. The van der Waals surface area contributed by atoms with Gasteiger partial charge in [0.2, 0.25) is 5.95 Å². The number of rotatable bonds is 8. The first kappa shape index (κ1) is 22.6. The van der Waals surface area contributed by atoms with Crippen molar-refractivity contribution in [3.8, 4) is 5.75 Å². The van der Waals surface area contributed by atoms with Gasteiger partial charge in [-0.25, -0.2) is 4.98 Å². The minimum atomic E-state index is -2.48. The predicted molar refractivity (Wildman–Crippen MR) is 130 cm³/mol. The van der Waals surface area contributed by atoms with Crippen molar-refractivity contribution in [2.24, 2.45) is 0 Å². The average molecular weight is 510 g/mol. The number of aryl methyl sites for hydroxylation is 1. The maximum Gasteiger partial charge on any atom is 0.229 e. The summed E-state index contributed by atoms with van der Waals surface area (Å²) in [6, 6.07) is 13.4. The van der Waals surface area contributed by atoms with Gasteiger partial charge in [0.1, 0.15) is 17.9 Å². The molecule has 0 spiro atoms. The summed E-state index contributed by atoms with van der Waals surface area (Å²) in [7, 11) is -0.856. The zero-order valence-corrected chi connectivity index (χ0v) is 20.2. The second-order valence-corrected chi connectivity index (χ2v) is 11.4. The van der Waals surface area contributed by atoms with Gasteiger partial charge in [0.05, 0.1) is 24.7 Å². The number of ether oxygens (including phenoxy) is 1. The third-order valence-corrected chi connectivity index (χ3v) is 6.60. The van der Waals surface area contributed by atoms with Gasteiger partial charge in [0.15, 0.2) is 5.82 Å². The van der Waals surface area contributed by atoms with Crippen molar-refractivity contribution in [3.63, 3.8) is 0 Å². The van der Waals surface area contributed by atoms with Crippen molar-refractivity contribution in [1.29, 1.82) is 0 Å². The standard InChI is InChI=1S/C21H23BrClN4O2P/c1-29-18-12-14(10-11-22)8-9-16(18)26-21-24-13-15(23)20(27-21)25-17-6-4-5-7-19(17)30(2,3)28/h4-9,12-13H,10-11H2,1-3H3,(H2,24,25,26,27). The molecule has 0 aliphatic rings. The van der Waals surface area contributed by atoms with Gasteiger partial charge in [-0.15, -0.1) is 0 Å². The lowest BCUT2D eigenvalue weighted by molar-refractivity contribution is 0.416. The minimum Gasteiger partial charge on any atom is -0.495 e. The lowest BCUT2D eigenvalue weighted by atomic mass is 10.1. The van der Waals surface area contributed by atoms with E-state index in [1.54, 1.807) is 20.4 Å². The van der Waals surface area contributed by atoms with E-state index in [-0.39, 0.29) is 0 Å². The Bertz CT molecular complexity index is 1090. The summed E-state index contributed by atoms with van der Waals surface area (Å²) in [5, 5.41) is 8.34. The van der Waals surface area contributed by atoms with Gasteiger partial charge in [0, 0.05) is 10.6 Å². The largest absolute Gasteiger partial charge is 0.495 e. The number of para-hydroxylation sites is 1. The van der Waals surface area contributed by atoms with Gasteiger partial charge < -0.3 is 19.9 Å². The van der Waals surface area contributed by atoms with Crippen LogP contribution in [0.4, 0.5) is 23.1 Å². The monoisotopic (exact) mass is 508 g/mol. The van der Waals surface area contributed by atoms with E-state index in [1.165, 1.54) is 6.20 Å². The van der Waals surface area contributed by atoms with E-state index in [2.05, 4.69) is 36.5 Å². The number of alkyl halides is 1. The molecule has 0 aliphatic carbocycles. The molecular weight excluding hydrogens is 487 g/mol. The van der Waals surface area contributed by atoms with Gasteiger partial charge in [-0.2, -0.15) is 4.98 Å². The van der Waals surface area contributed by atoms with Gasteiger partial charge in [-0.1, -0.05) is 45.7 Å². The summed E-state index contributed by atoms with van der Waals surface area (Å²) < 4.78 is 18.1. The molecule has 3 aromatic rings. The molecule has 0 fully saturated rings. The summed E-state index contributed by atoms with van der Waals surface area (Å²) in [6.07, 6.45) is 2.42. The van der Waals surface area contributed by atoms with Gasteiger partial charge in [-0.3, -0.25) is 0 Å². The van der Waals surface area contributed by atoms with Crippen molar-refractivity contribution in [1.82, 2.24) is 9.97 Å². The first-order valence-corrected chi connectivity index (χ1v) is 13.4. The Morgan fingerprint density at radius 2 is 1.90 bits per heavy atom. The smallest absolute Gasteiger partial charge is 0.229 e. The van der Waals surface area contributed by atoms with Crippen LogP contribution in [0.25, 0.3) is 0 Å². The number of nitrogens with zero attached hydrogens (tertiary/aromatic N) is 2. The number of benzene rings is 2. The van der Waals surface area contributed by atoms with Crippen LogP contribution >= 0.6 is 34.7 Å². The molecule has 30 heavy (non-hydrogen) atoms. The Hall–Kier alpha value is -2.08. The minimum absolute atomic E-state index is 0.358. The molecule has 2 aromatic carbocycles. The summed E-state index contributed by atoms with van der Waals surface area (Å²) in [6.45, 7) is 3.46. The molecule has 0 aliphatic heterocycles. The van der Waals surface area contributed by atoms with Crippen LogP contribution in [0.3, 0.4) is 0 Å². The van der Waals surface area contributed by atoms with Crippen LogP contribution in [0, 0.1) is 0 Å². The Morgan fingerprint density at radius 3 is 2.60 bits per heavy atom. The van der Waals surface area contributed by atoms with E-state index < -0.39 is 7.14 Å². The molecule has 0 saturated carbocycles. The zero-order chi connectivity index (χ0) is 21.7. The van der Waals surface area contributed by atoms with Crippen LogP contribution < -0.4 is 20.7 Å². The summed E-state index contributed by atoms with van der Waals surface area (Å²) in [4.78, 5) is 8.77. The van der Waals surface area contributed by atoms with Crippen molar-refractivity contribution in [3.05, 3.63) is 59.2 Å². The summed E-state index contributed by atoms with van der Waals surface area (Å²) in [5.41, 5.74) is 2.61. The number of anilines is 4. The van der Waals surface area contributed by atoms with Crippen LogP contribution in [0.5, 0.6) is 5.75 Å². The van der Waals surface area contributed by atoms with Crippen molar-refractivity contribution in [2.75, 3.05) is 36.4 Å². The molecule has 0 bridgehead atoms. The number of methoxy groups -OCH3 is 1. The molecule has 0 saturated heterocycles. The number of nitrogens with one attached hydrogen (secondary N) is 2. The highest BCUT2D eigenvalue weighted by Crippen LogP contribution is 2.38. The maximum atomic E-state index is 12.6. The molecule has 2 N–H and O–H groups in total. The lowest BCUT2D eigenvalue weighted by Gasteiger charge is -2.16. The fraction of sp³-hybridized carbons (Fsp3) is 0.238. The number of halogens is 2. The quantitative estimate of drug-likeness (QED) is 0.295. The third-order valence-electron chi connectivity index (χ3n) is 4.38. The average Bonchev–Trinajstić information content (AvgIpc) is 2.71. The van der Waals surface area contributed by atoms with E-state index in [1.807, 2.05) is 42.5 Å². The van der Waals surface area contributed by atoms with Crippen molar-refractivity contribution < 1.29 is 9.30 Å². The van der Waals surface area contributed by atoms with Gasteiger partial charge in [-0.05, 0) is 49.6 Å². The van der Waals surface area contributed by atoms with Crippen molar-refractivity contribution >= 4 is 63.1 Å². The zero-order valence-electron chi connectivity index (χ0n) is 16.9.